The van der Waals surface area contributed by atoms with Gasteiger partial charge < -0.3 is 15.2 Å². The van der Waals surface area contributed by atoms with Crippen molar-refractivity contribution in [1.29, 1.82) is 5.41 Å². The molecule has 1 saturated heterocycles. The lowest BCUT2D eigenvalue weighted by Crippen LogP contribution is -2.40. The predicted octanol–water partition coefficient (Wildman–Crippen LogP) is 3.96. The molecule has 1 aliphatic rings. The average molecular weight is 509 g/mol. The van der Waals surface area contributed by atoms with E-state index in [1.807, 2.05) is 0 Å². The van der Waals surface area contributed by atoms with E-state index in [4.69, 9.17) is 20.6 Å². The van der Waals surface area contributed by atoms with E-state index in [9.17, 15) is 18.0 Å². The zero-order chi connectivity index (χ0) is 26.0. The molecule has 1 fully saturated rings. The highest BCUT2D eigenvalue weighted by Gasteiger charge is 2.43. The van der Waals surface area contributed by atoms with Crippen molar-refractivity contribution in [3.8, 4) is 11.1 Å². The molecule has 186 valence electrons. The van der Waals surface area contributed by atoms with Gasteiger partial charge in [-0.3, -0.25) is 10.7 Å². The first-order chi connectivity index (χ1) is 17.0. The summed E-state index contributed by atoms with van der Waals surface area (Å²) in [7, 11) is -3.42. The number of sulfone groups is 1. The topological polar surface area (TPSA) is 152 Å². The number of amidine groups is 1. The predicted molar refractivity (Wildman–Crippen MR) is 135 cm³/mol. The van der Waals surface area contributed by atoms with Gasteiger partial charge in [0.2, 0.25) is 6.23 Å². The molecule has 1 heterocycles. The van der Waals surface area contributed by atoms with Gasteiger partial charge in [-0.05, 0) is 42.8 Å². The zero-order valence-electron chi connectivity index (χ0n) is 19.5. The number of nitrogens with one attached hydrogen (secondary N) is 2. The van der Waals surface area contributed by atoms with Crippen molar-refractivity contribution in [3.63, 3.8) is 0 Å². The number of cyclic esters (lactones) is 1. The summed E-state index contributed by atoms with van der Waals surface area (Å²) in [6, 6.07) is 19.7. The monoisotopic (exact) mass is 508 g/mol. The van der Waals surface area contributed by atoms with E-state index in [0.717, 1.165) is 6.26 Å². The summed E-state index contributed by atoms with van der Waals surface area (Å²) in [6.45, 7) is 1.60. The van der Waals surface area contributed by atoms with Crippen molar-refractivity contribution in [2.24, 2.45) is 5.73 Å². The van der Waals surface area contributed by atoms with Crippen molar-refractivity contribution in [2.45, 2.75) is 24.2 Å². The molecule has 0 bridgehead atoms. The Morgan fingerprint density at radius 1 is 1.08 bits per heavy atom. The van der Waals surface area contributed by atoms with Crippen LogP contribution >= 0.6 is 0 Å². The number of nitrogen functional groups attached to an aromatic ring is 1. The fraction of sp³-hybridized carbons (Fsp3) is 0.160. The minimum Gasteiger partial charge on any atom is -0.440 e. The molecular weight excluding hydrogens is 484 g/mol. The Kier molecular flexibility index (Phi) is 6.67. The smallest absolute Gasteiger partial charge is 0.417 e. The molecule has 0 spiro atoms. The number of anilines is 2. The Hall–Kier alpha value is -4.38. The summed E-state index contributed by atoms with van der Waals surface area (Å²) in [5.41, 5.74) is 7.93. The molecule has 0 saturated carbocycles. The lowest BCUT2D eigenvalue weighted by Gasteiger charge is -2.23. The van der Waals surface area contributed by atoms with Crippen LogP contribution in [0.2, 0.25) is 0 Å². The van der Waals surface area contributed by atoms with Crippen LogP contribution in [0.25, 0.3) is 11.1 Å². The van der Waals surface area contributed by atoms with Gasteiger partial charge in [0.15, 0.2) is 15.9 Å². The fourth-order valence-corrected chi connectivity index (χ4v) is 4.74. The molecule has 1 aliphatic heterocycles. The van der Waals surface area contributed by atoms with Crippen molar-refractivity contribution < 1.29 is 27.5 Å². The molecule has 2 atom stereocenters. The average Bonchev–Trinajstić information content (AvgIpc) is 3.11. The van der Waals surface area contributed by atoms with E-state index in [2.05, 4.69) is 5.32 Å². The molecule has 0 radical (unpaired) electrons. The summed E-state index contributed by atoms with van der Waals surface area (Å²) in [5, 5.41) is 10.2. The van der Waals surface area contributed by atoms with Crippen LogP contribution in [0.3, 0.4) is 0 Å². The quantitative estimate of drug-likeness (QED) is 0.337. The van der Waals surface area contributed by atoms with Crippen LogP contribution in [0.4, 0.5) is 21.0 Å². The van der Waals surface area contributed by atoms with Crippen LogP contribution in [0.1, 0.15) is 12.5 Å². The molecule has 4 N–H and O–H groups in total. The molecule has 10 nitrogen and oxygen atoms in total. The standard InChI is InChI=1S/C25H24N4O6S/c1-15-23(29(25(31)34-15)19-7-5-6-17(14-19)22(26)27)35-24(30)28-18-12-10-16(11-13-18)20-8-3-4-9-21(20)36(2,32)33/h3-15,23H,1-2H3,(H3,26,27)(H,28,30). The van der Waals surface area contributed by atoms with E-state index in [0.29, 0.717) is 28.1 Å². The van der Waals surface area contributed by atoms with Crippen LogP contribution in [-0.4, -0.2) is 45.0 Å². The summed E-state index contributed by atoms with van der Waals surface area (Å²) < 4.78 is 35.0. The van der Waals surface area contributed by atoms with Crippen LogP contribution in [-0.2, 0) is 19.3 Å². The number of carbonyl (C=O) groups is 2. The van der Waals surface area contributed by atoms with Crippen LogP contribution < -0.4 is 16.0 Å². The van der Waals surface area contributed by atoms with E-state index in [1.54, 1.807) is 67.6 Å². The van der Waals surface area contributed by atoms with Crippen LogP contribution in [0.5, 0.6) is 0 Å². The van der Waals surface area contributed by atoms with Gasteiger partial charge >= 0.3 is 12.2 Å². The van der Waals surface area contributed by atoms with Gasteiger partial charge in [0.05, 0.1) is 10.6 Å². The van der Waals surface area contributed by atoms with E-state index >= 15 is 0 Å². The minimum absolute atomic E-state index is 0.171. The molecular formula is C25H24N4O6S. The number of amides is 2. The first-order valence-electron chi connectivity index (χ1n) is 10.9. The number of carbonyl (C=O) groups excluding carboxylic acids is 2. The van der Waals surface area contributed by atoms with Gasteiger partial charge in [-0.25, -0.2) is 22.9 Å². The number of hydrogen-bond donors (Lipinski definition) is 3. The second-order valence-corrected chi connectivity index (χ2v) is 10.2. The Labute approximate surface area is 208 Å². The lowest BCUT2D eigenvalue weighted by molar-refractivity contribution is 0.0551. The van der Waals surface area contributed by atoms with E-state index in [1.165, 1.54) is 17.0 Å². The van der Waals surface area contributed by atoms with Crippen molar-refractivity contribution in [2.75, 3.05) is 16.5 Å². The maximum absolute atomic E-state index is 12.7. The molecule has 0 aromatic heterocycles. The van der Waals surface area contributed by atoms with Gasteiger partial charge in [-0.1, -0.05) is 42.5 Å². The molecule has 0 aliphatic carbocycles. The number of ether oxygens (including phenoxy) is 2. The fourth-order valence-electron chi connectivity index (χ4n) is 3.83. The largest absolute Gasteiger partial charge is 0.440 e. The summed E-state index contributed by atoms with van der Waals surface area (Å²) in [5.74, 6) is -0.171. The summed E-state index contributed by atoms with van der Waals surface area (Å²) in [4.78, 5) is 26.5. The maximum Gasteiger partial charge on any atom is 0.417 e. The Balaban J connectivity index is 1.50. The Bertz CT molecular complexity index is 1440. The van der Waals surface area contributed by atoms with Crippen LogP contribution in [0.15, 0.2) is 77.7 Å². The first kappa shape index (κ1) is 24.7. The van der Waals surface area contributed by atoms with Gasteiger partial charge in [-0.15, -0.1) is 0 Å². The Morgan fingerprint density at radius 2 is 1.78 bits per heavy atom. The van der Waals surface area contributed by atoms with Gasteiger partial charge in [0.1, 0.15) is 5.84 Å². The molecule has 4 rings (SSSR count). The number of hydrogen-bond acceptors (Lipinski definition) is 7. The van der Waals surface area contributed by atoms with Gasteiger partial charge in [0, 0.05) is 23.1 Å². The van der Waals surface area contributed by atoms with Crippen molar-refractivity contribution in [3.05, 3.63) is 78.4 Å². The molecule has 3 aromatic carbocycles. The number of rotatable bonds is 6. The highest BCUT2D eigenvalue weighted by atomic mass is 32.2. The number of nitrogens with zero attached hydrogens (tertiary/aromatic N) is 1. The highest BCUT2D eigenvalue weighted by molar-refractivity contribution is 7.90. The third-order valence-electron chi connectivity index (χ3n) is 5.53. The molecule has 11 heteroatoms. The van der Waals surface area contributed by atoms with E-state index < -0.39 is 34.4 Å². The lowest BCUT2D eigenvalue weighted by atomic mass is 10.1. The summed E-state index contributed by atoms with van der Waals surface area (Å²) in [6.07, 6.45) is -2.17. The summed E-state index contributed by atoms with van der Waals surface area (Å²) >= 11 is 0. The SMILES string of the molecule is CC1OC(=O)N(c2cccc(C(=N)N)c2)C1OC(=O)Nc1ccc(-c2ccccc2S(C)(=O)=O)cc1. The number of nitrogens with two attached hydrogens (primary N) is 1. The van der Waals surface area contributed by atoms with Gasteiger partial charge in [-0.2, -0.15) is 0 Å². The van der Waals surface area contributed by atoms with E-state index in [-0.39, 0.29) is 10.7 Å². The zero-order valence-corrected chi connectivity index (χ0v) is 20.3. The third kappa shape index (κ3) is 5.15. The third-order valence-corrected chi connectivity index (χ3v) is 6.69. The second-order valence-electron chi connectivity index (χ2n) is 8.19. The molecule has 36 heavy (non-hydrogen) atoms. The van der Waals surface area contributed by atoms with Crippen LogP contribution in [0, 0.1) is 5.41 Å². The van der Waals surface area contributed by atoms with Gasteiger partial charge in [0.25, 0.3) is 0 Å². The molecule has 3 aromatic rings. The second kappa shape index (κ2) is 9.70. The Morgan fingerprint density at radius 3 is 2.44 bits per heavy atom. The highest BCUT2D eigenvalue weighted by Crippen LogP contribution is 2.30. The number of benzene rings is 3. The maximum atomic E-state index is 12.7. The van der Waals surface area contributed by atoms with Crippen molar-refractivity contribution >= 4 is 39.2 Å². The normalized spacial score (nSPS) is 17.4. The van der Waals surface area contributed by atoms with Crippen molar-refractivity contribution in [1.82, 2.24) is 0 Å². The molecule has 2 unspecified atom stereocenters. The minimum atomic E-state index is -3.42. The molecule has 2 amide bonds. The first-order valence-corrected chi connectivity index (χ1v) is 12.7.